The molecule has 0 bridgehead atoms. The van der Waals surface area contributed by atoms with Gasteiger partial charge in [-0.3, -0.25) is 9.59 Å². The first-order valence-corrected chi connectivity index (χ1v) is 9.01. The molecule has 1 heterocycles. The van der Waals surface area contributed by atoms with E-state index in [4.69, 9.17) is 14.2 Å². The molecule has 0 radical (unpaired) electrons. The zero-order chi connectivity index (χ0) is 21.0. The van der Waals surface area contributed by atoms with Gasteiger partial charge in [-0.1, -0.05) is 13.8 Å². The van der Waals surface area contributed by atoms with Crippen LogP contribution in [-0.4, -0.2) is 37.1 Å². The molecular weight excluding hydrogens is 381 g/mol. The monoisotopic (exact) mass is 401 g/mol. The Hall–Kier alpha value is -3.42. The maximum atomic E-state index is 13.0. The van der Waals surface area contributed by atoms with Gasteiger partial charge < -0.3 is 19.5 Å². The fourth-order valence-corrected chi connectivity index (χ4v) is 2.70. The van der Waals surface area contributed by atoms with Crippen molar-refractivity contribution in [3.63, 3.8) is 0 Å². The highest BCUT2D eigenvalue weighted by molar-refractivity contribution is 5.99. The minimum atomic E-state index is -0.961. The Labute approximate surface area is 166 Å². The van der Waals surface area contributed by atoms with Crippen LogP contribution in [0.2, 0.25) is 0 Å². The van der Waals surface area contributed by atoms with Crippen molar-refractivity contribution in [1.82, 2.24) is 5.32 Å². The summed E-state index contributed by atoms with van der Waals surface area (Å²) in [4.78, 5) is 37.1. The summed E-state index contributed by atoms with van der Waals surface area (Å²) < 4.78 is 28.5. The number of esters is 1. The number of benzene rings is 2. The van der Waals surface area contributed by atoms with Gasteiger partial charge in [0.05, 0.1) is 0 Å². The smallest absolute Gasteiger partial charge is 0.329 e. The summed E-state index contributed by atoms with van der Waals surface area (Å²) in [7, 11) is 0. The Kier molecular flexibility index (Phi) is 6.11. The molecule has 0 aliphatic carbocycles. The highest BCUT2D eigenvalue weighted by Crippen LogP contribution is 2.32. The molecule has 1 aliphatic rings. The average Bonchev–Trinajstić information content (AvgIpc) is 3.17. The van der Waals surface area contributed by atoms with Crippen molar-refractivity contribution in [3.8, 4) is 11.5 Å². The summed E-state index contributed by atoms with van der Waals surface area (Å²) in [6.45, 7) is 3.08. The van der Waals surface area contributed by atoms with Gasteiger partial charge in [-0.05, 0) is 48.4 Å². The normalized spacial score (nSPS) is 13.1. The van der Waals surface area contributed by atoms with Crippen LogP contribution in [0.5, 0.6) is 11.5 Å². The molecule has 1 amide bonds. The van der Waals surface area contributed by atoms with Crippen LogP contribution < -0.4 is 14.8 Å². The fraction of sp³-hybridized carbons (Fsp3) is 0.286. The van der Waals surface area contributed by atoms with Crippen LogP contribution in [0.1, 0.15) is 34.6 Å². The number of Topliss-reactive ketones (excluding diaryl/α,β-unsaturated/α-hetero) is 1. The summed E-state index contributed by atoms with van der Waals surface area (Å²) in [5.41, 5.74) is 0.528. The number of ketones is 1. The van der Waals surface area contributed by atoms with E-state index in [2.05, 4.69) is 5.32 Å². The van der Waals surface area contributed by atoms with E-state index in [1.165, 1.54) is 18.2 Å². The van der Waals surface area contributed by atoms with Crippen LogP contribution in [0.3, 0.4) is 0 Å². The molecule has 0 aromatic heterocycles. The molecular formula is C21H20FNO6. The second-order valence-corrected chi connectivity index (χ2v) is 6.80. The Morgan fingerprint density at radius 1 is 1.03 bits per heavy atom. The number of hydrogen-bond donors (Lipinski definition) is 1. The van der Waals surface area contributed by atoms with Gasteiger partial charge in [-0.15, -0.1) is 0 Å². The van der Waals surface area contributed by atoms with Crippen LogP contribution in [0, 0.1) is 11.7 Å². The standard InChI is InChI=1S/C21H20FNO6/c1-12(2)19(23-20(25)13-3-6-15(22)7-4-13)21(26)27-10-16(24)14-5-8-17-18(9-14)29-11-28-17/h3-9,12,19H,10-11H2,1-2H3,(H,23,25)/t19-/m0/s1. The molecule has 29 heavy (non-hydrogen) atoms. The van der Waals surface area contributed by atoms with Crippen molar-refractivity contribution in [2.75, 3.05) is 13.4 Å². The van der Waals surface area contributed by atoms with Crippen molar-refractivity contribution in [1.29, 1.82) is 0 Å². The summed E-state index contributed by atoms with van der Waals surface area (Å²) in [6.07, 6.45) is 0. The molecule has 0 unspecified atom stereocenters. The average molecular weight is 401 g/mol. The van der Waals surface area contributed by atoms with Gasteiger partial charge in [0.25, 0.3) is 5.91 Å². The zero-order valence-corrected chi connectivity index (χ0v) is 15.9. The molecule has 0 spiro atoms. The number of carbonyl (C=O) groups is 3. The van der Waals surface area contributed by atoms with Crippen molar-refractivity contribution in [3.05, 3.63) is 59.4 Å². The van der Waals surface area contributed by atoms with Gasteiger partial charge in [0.2, 0.25) is 6.79 Å². The molecule has 8 heteroatoms. The third-order valence-corrected chi connectivity index (χ3v) is 4.35. The Bertz CT molecular complexity index is 925. The Morgan fingerprint density at radius 3 is 2.38 bits per heavy atom. The van der Waals surface area contributed by atoms with Gasteiger partial charge in [0.15, 0.2) is 23.9 Å². The van der Waals surface area contributed by atoms with E-state index in [9.17, 15) is 18.8 Å². The topological polar surface area (TPSA) is 90.9 Å². The molecule has 2 aromatic carbocycles. The van der Waals surface area contributed by atoms with Gasteiger partial charge in [-0.2, -0.15) is 0 Å². The molecule has 0 saturated carbocycles. The number of nitrogens with one attached hydrogen (secondary N) is 1. The molecule has 3 rings (SSSR count). The molecule has 1 aliphatic heterocycles. The second-order valence-electron chi connectivity index (χ2n) is 6.80. The van der Waals surface area contributed by atoms with E-state index >= 15 is 0 Å². The molecule has 1 N–H and O–H groups in total. The molecule has 152 valence electrons. The predicted molar refractivity (Wildman–Crippen MR) is 100 cm³/mol. The maximum absolute atomic E-state index is 13.0. The number of halogens is 1. The molecule has 7 nitrogen and oxygen atoms in total. The van der Waals surface area contributed by atoms with E-state index in [-0.39, 0.29) is 18.3 Å². The number of fused-ring (bicyclic) bond motifs is 1. The fourth-order valence-electron chi connectivity index (χ4n) is 2.70. The zero-order valence-electron chi connectivity index (χ0n) is 15.9. The minimum absolute atomic E-state index is 0.0891. The maximum Gasteiger partial charge on any atom is 0.329 e. The highest BCUT2D eigenvalue weighted by atomic mass is 19.1. The van der Waals surface area contributed by atoms with Crippen molar-refractivity contribution < 1.29 is 33.0 Å². The van der Waals surface area contributed by atoms with E-state index in [0.717, 1.165) is 12.1 Å². The number of carbonyl (C=O) groups excluding carboxylic acids is 3. The van der Waals surface area contributed by atoms with Crippen molar-refractivity contribution in [2.45, 2.75) is 19.9 Å². The summed E-state index contributed by atoms with van der Waals surface area (Å²) in [5.74, 6) is -1.44. The Morgan fingerprint density at radius 2 is 1.69 bits per heavy atom. The number of ether oxygens (including phenoxy) is 3. The molecule has 0 fully saturated rings. The first kappa shape index (κ1) is 20.3. The number of rotatable bonds is 7. The first-order chi connectivity index (χ1) is 13.8. The summed E-state index contributed by atoms with van der Waals surface area (Å²) in [5, 5.41) is 2.57. The number of amides is 1. The van der Waals surface area contributed by atoms with Crippen LogP contribution in [-0.2, 0) is 9.53 Å². The summed E-state index contributed by atoms with van der Waals surface area (Å²) >= 11 is 0. The molecule has 2 aromatic rings. The van der Waals surface area contributed by atoms with Gasteiger partial charge >= 0.3 is 5.97 Å². The lowest BCUT2D eigenvalue weighted by molar-refractivity contribution is -0.145. The Balaban J connectivity index is 1.60. The molecule has 1 atom stereocenters. The van der Waals surface area contributed by atoms with E-state index in [1.807, 2.05) is 0 Å². The minimum Gasteiger partial charge on any atom is -0.456 e. The summed E-state index contributed by atoms with van der Waals surface area (Å²) in [6, 6.07) is 8.67. The van der Waals surface area contributed by atoms with Gasteiger partial charge in [-0.25, -0.2) is 9.18 Å². The SMILES string of the molecule is CC(C)[C@H](NC(=O)c1ccc(F)cc1)C(=O)OCC(=O)c1ccc2c(c1)OCO2. The van der Waals surface area contributed by atoms with E-state index in [0.29, 0.717) is 17.1 Å². The van der Waals surface area contributed by atoms with Gasteiger partial charge in [0.1, 0.15) is 11.9 Å². The lowest BCUT2D eigenvalue weighted by Crippen LogP contribution is -2.45. The second kappa shape index (κ2) is 8.72. The lowest BCUT2D eigenvalue weighted by atomic mass is 10.0. The third-order valence-electron chi connectivity index (χ3n) is 4.35. The van der Waals surface area contributed by atoms with E-state index in [1.54, 1.807) is 26.0 Å². The van der Waals surface area contributed by atoms with Crippen molar-refractivity contribution in [2.24, 2.45) is 5.92 Å². The molecule has 0 saturated heterocycles. The van der Waals surface area contributed by atoms with Crippen LogP contribution in [0.15, 0.2) is 42.5 Å². The van der Waals surface area contributed by atoms with E-state index < -0.39 is 36.1 Å². The van der Waals surface area contributed by atoms with Crippen LogP contribution in [0.4, 0.5) is 4.39 Å². The van der Waals surface area contributed by atoms with Crippen LogP contribution >= 0.6 is 0 Å². The van der Waals surface area contributed by atoms with Crippen LogP contribution in [0.25, 0.3) is 0 Å². The quantitative estimate of drug-likeness (QED) is 0.567. The van der Waals surface area contributed by atoms with Gasteiger partial charge in [0, 0.05) is 11.1 Å². The third kappa shape index (κ3) is 4.90. The highest BCUT2D eigenvalue weighted by Gasteiger charge is 2.27. The first-order valence-electron chi connectivity index (χ1n) is 9.01. The van der Waals surface area contributed by atoms with Crippen molar-refractivity contribution >= 4 is 17.7 Å². The predicted octanol–water partition coefficient (Wildman–Crippen LogP) is 2.73. The number of hydrogen-bond acceptors (Lipinski definition) is 6. The lowest BCUT2D eigenvalue weighted by Gasteiger charge is -2.20. The largest absolute Gasteiger partial charge is 0.456 e.